The van der Waals surface area contributed by atoms with Crippen LogP contribution in [0.25, 0.3) is 0 Å². The summed E-state index contributed by atoms with van der Waals surface area (Å²) in [5, 5.41) is 23.6. The first-order valence-corrected chi connectivity index (χ1v) is 13.8. The van der Waals surface area contributed by atoms with E-state index in [2.05, 4.69) is 26.2 Å². The van der Waals surface area contributed by atoms with Crippen LogP contribution in [0.15, 0.2) is 24.4 Å². The Hall–Kier alpha value is -2.60. The van der Waals surface area contributed by atoms with Crippen LogP contribution in [0.1, 0.15) is 56.3 Å². The third-order valence-corrected chi connectivity index (χ3v) is 8.87. The number of nitrogens with zero attached hydrogens (tertiary/aromatic N) is 5. The van der Waals surface area contributed by atoms with Crippen LogP contribution >= 0.6 is 23.2 Å². The number of carbonyl (C=O) groups is 1. The van der Waals surface area contributed by atoms with Gasteiger partial charge in [-0.2, -0.15) is 5.26 Å². The lowest BCUT2D eigenvalue weighted by molar-refractivity contribution is -0.143. The van der Waals surface area contributed by atoms with Crippen LogP contribution in [0.5, 0.6) is 0 Å². The number of rotatable bonds is 7. The maximum absolute atomic E-state index is 11.7. The van der Waals surface area contributed by atoms with Crippen LogP contribution in [-0.2, 0) is 4.79 Å². The minimum Gasteiger partial charge on any atom is -0.481 e. The number of hydrogen-bond acceptors (Lipinski definition) is 7. The molecule has 0 radical (unpaired) electrons. The average molecular weight is 543 g/mol. The first-order chi connectivity index (χ1) is 17.8. The zero-order chi connectivity index (χ0) is 26.1. The van der Waals surface area contributed by atoms with Crippen molar-refractivity contribution in [1.82, 2.24) is 14.9 Å². The number of nitriles is 1. The molecule has 4 atom stereocenters. The number of aromatic nitrogens is 2. The number of nitrogens with one attached hydrogen (secondary N) is 1. The molecule has 2 aliphatic heterocycles. The summed E-state index contributed by atoms with van der Waals surface area (Å²) in [7, 11) is 0. The molecule has 1 aliphatic carbocycles. The van der Waals surface area contributed by atoms with Crippen LogP contribution < -0.4 is 10.2 Å². The van der Waals surface area contributed by atoms with Gasteiger partial charge in [0.2, 0.25) is 0 Å². The molecule has 1 aromatic carbocycles. The second kappa shape index (κ2) is 11.0. The number of anilines is 2. The van der Waals surface area contributed by atoms with Gasteiger partial charge in [-0.15, -0.1) is 0 Å². The van der Waals surface area contributed by atoms with E-state index in [-0.39, 0.29) is 23.7 Å². The van der Waals surface area contributed by atoms with E-state index in [0.717, 1.165) is 63.2 Å². The molecule has 0 spiro atoms. The summed E-state index contributed by atoms with van der Waals surface area (Å²) in [4.78, 5) is 25.5. The second-order valence-corrected chi connectivity index (χ2v) is 11.4. The van der Waals surface area contributed by atoms with Gasteiger partial charge in [0, 0.05) is 35.7 Å². The van der Waals surface area contributed by atoms with Gasteiger partial charge in [0.25, 0.3) is 0 Å². The summed E-state index contributed by atoms with van der Waals surface area (Å²) in [5.41, 5.74) is 1.10. The van der Waals surface area contributed by atoms with E-state index >= 15 is 0 Å². The highest BCUT2D eigenvalue weighted by atomic mass is 35.5. The van der Waals surface area contributed by atoms with Crippen molar-refractivity contribution in [3.05, 3.63) is 45.7 Å². The van der Waals surface area contributed by atoms with Crippen molar-refractivity contribution in [2.45, 2.75) is 51.1 Å². The Morgan fingerprint density at radius 2 is 2.00 bits per heavy atom. The van der Waals surface area contributed by atoms with Gasteiger partial charge in [-0.05, 0) is 68.7 Å². The number of halogens is 2. The van der Waals surface area contributed by atoms with Gasteiger partial charge in [-0.25, -0.2) is 9.97 Å². The monoisotopic (exact) mass is 542 g/mol. The van der Waals surface area contributed by atoms with Gasteiger partial charge in [0.15, 0.2) is 11.5 Å². The topological polar surface area (TPSA) is 105 Å². The predicted octanol–water partition coefficient (Wildman–Crippen LogP) is 5.23. The molecular formula is C27H32Cl2N6O2. The van der Waals surface area contributed by atoms with Gasteiger partial charge >= 0.3 is 5.97 Å². The number of carboxylic acids is 1. The largest absolute Gasteiger partial charge is 0.481 e. The van der Waals surface area contributed by atoms with E-state index in [0.29, 0.717) is 27.7 Å². The molecule has 1 aromatic heterocycles. The Kier molecular flexibility index (Phi) is 7.75. The van der Waals surface area contributed by atoms with Crippen LogP contribution in [0.3, 0.4) is 0 Å². The van der Waals surface area contributed by atoms with E-state index in [1.807, 2.05) is 13.0 Å². The van der Waals surface area contributed by atoms with Crippen molar-refractivity contribution in [3.8, 4) is 6.07 Å². The van der Waals surface area contributed by atoms with Gasteiger partial charge < -0.3 is 15.3 Å². The number of piperidine rings is 1. The lowest BCUT2D eigenvalue weighted by atomic mass is 9.80. The Balaban J connectivity index is 1.22. The van der Waals surface area contributed by atoms with Crippen LogP contribution in [0, 0.1) is 29.1 Å². The minimum absolute atomic E-state index is 0.186. The molecule has 3 heterocycles. The molecule has 0 bridgehead atoms. The Morgan fingerprint density at radius 1 is 1.19 bits per heavy atom. The fourth-order valence-electron chi connectivity index (χ4n) is 6.24. The number of benzene rings is 1. The van der Waals surface area contributed by atoms with Gasteiger partial charge in [0.05, 0.1) is 18.2 Å². The zero-order valence-electron chi connectivity index (χ0n) is 20.9. The summed E-state index contributed by atoms with van der Waals surface area (Å²) in [5.74, 6) is 1.44. The second-order valence-electron chi connectivity index (χ2n) is 10.6. The Bertz CT molecular complexity index is 1200. The zero-order valence-corrected chi connectivity index (χ0v) is 22.4. The van der Waals surface area contributed by atoms with Crippen LogP contribution in [0.2, 0.25) is 10.0 Å². The Morgan fingerprint density at radius 3 is 2.73 bits per heavy atom. The highest BCUT2D eigenvalue weighted by Gasteiger charge is 2.42. The van der Waals surface area contributed by atoms with Gasteiger partial charge in [-0.3, -0.25) is 9.69 Å². The quantitative estimate of drug-likeness (QED) is 0.489. The lowest BCUT2D eigenvalue weighted by Crippen LogP contribution is -2.55. The van der Waals surface area contributed by atoms with Crippen molar-refractivity contribution < 1.29 is 9.90 Å². The van der Waals surface area contributed by atoms with E-state index in [4.69, 9.17) is 28.2 Å². The highest BCUT2D eigenvalue weighted by molar-refractivity contribution is 6.35. The molecule has 37 heavy (non-hydrogen) atoms. The molecular weight excluding hydrogens is 511 g/mol. The van der Waals surface area contributed by atoms with E-state index in [9.17, 15) is 15.2 Å². The molecule has 5 rings (SSSR count). The summed E-state index contributed by atoms with van der Waals surface area (Å²) >= 11 is 12.4. The average Bonchev–Trinajstić information content (AvgIpc) is 3.34. The van der Waals surface area contributed by atoms with Crippen LogP contribution in [-0.4, -0.2) is 58.2 Å². The Labute approximate surface area is 227 Å². The fourth-order valence-corrected chi connectivity index (χ4v) is 6.81. The van der Waals surface area contributed by atoms with E-state index < -0.39 is 5.97 Å². The smallest absolute Gasteiger partial charge is 0.308 e. The molecule has 10 heteroatoms. The molecule has 2 aromatic rings. The molecule has 1 saturated carbocycles. The van der Waals surface area contributed by atoms with Crippen molar-refractivity contribution >= 4 is 40.8 Å². The molecule has 2 N–H and O–H groups in total. The number of likely N-dealkylation sites (tertiary alicyclic amines) is 1. The molecule has 2 unspecified atom stereocenters. The number of hydrogen-bond donors (Lipinski definition) is 2. The van der Waals surface area contributed by atoms with Crippen molar-refractivity contribution in [2.75, 3.05) is 36.4 Å². The van der Waals surface area contributed by atoms with E-state index in [1.54, 1.807) is 18.3 Å². The standard InChI is InChI=1S/C27H32Cl2N6O2/c1-16(20-8-7-19(28)10-22(20)29)32-26-23(11-30)31-12-25(33-26)35-14-18(15-35)17-4-3-9-34(13-17)24-6-2-5-21(24)27(36)37/h7-8,10,12,16-18,21,24H,2-6,9,13-15H2,1H3,(H,32,33)(H,36,37)/t16-,17+,21?,24?/m1/s1. The fraction of sp³-hybridized carbons (Fsp3) is 0.556. The molecule has 196 valence electrons. The molecule has 3 fully saturated rings. The third kappa shape index (κ3) is 5.50. The lowest BCUT2D eigenvalue weighted by Gasteiger charge is -2.48. The normalized spacial score (nSPS) is 25.4. The molecule has 0 amide bonds. The maximum atomic E-state index is 11.7. The van der Waals surface area contributed by atoms with Crippen molar-refractivity contribution in [3.63, 3.8) is 0 Å². The van der Waals surface area contributed by atoms with E-state index in [1.165, 1.54) is 6.42 Å². The van der Waals surface area contributed by atoms with Crippen LogP contribution in [0.4, 0.5) is 11.6 Å². The van der Waals surface area contributed by atoms with Gasteiger partial charge in [0.1, 0.15) is 11.9 Å². The van der Waals surface area contributed by atoms with Gasteiger partial charge in [-0.1, -0.05) is 35.7 Å². The minimum atomic E-state index is -0.643. The molecule has 3 aliphatic rings. The molecule has 8 nitrogen and oxygen atoms in total. The summed E-state index contributed by atoms with van der Waals surface area (Å²) in [6.45, 7) is 5.73. The maximum Gasteiger partial charge on any atom is 0.308 e. The number of aliphatic carboxylic acids is 1. The summed E-state index contributed by atoms with van der Waals surface area (Å²) < 4.78 is 0. The first-order valence-electron chi connectivity index (χ1n) is 13.0. The summed E-state index contributed by atoms with van der Waals surface area (Å²) in [6, 6.07) is 7.47. The summed E-state index contributed by atoms with van der Waals surface area (Å²) in [6.07, 6.45) is 6.79. The number of carboxylic acid groups (broad SMARTS) is 1. The predicted molar refractivity (Wildman–Crippen MR) is 144 cm³/mol. The SMILES string of the molecule is C[C@@H](Nc1nc(N2CC([C@H]3CCCN(C4CCCC4C(=O)O)C3)C2)cnc1C#N)c1ccc(Cl)cc1Cl. The van der Waals surface area contributed by atoms with Crippen molar-refractivity contribution in [2.24, 2.45) is 17.8 Å². The molecule has 2 saturated heterocycles. The highest BCUT2D eigenvalue weighted by Crippen LogP contribution is 2.38. The first kappa shape index (κ1) is 26.0. The van der Waals surface area contributed by atoms with Crippen molar-refractivity contribution in [1.29, 1.82) is 5.26 Å². The third-order valence-electron chi connectivity index (χ3n) is 8.30.